The first-order valence-corrected chi connectivity index (χ1v) is 6.96. The molecule has 0 aliphatic carbocycles. The van der Waals surface area contributed by atoms with Gasteiger partial charge in [-0.15, -0.1) is 0 Å². The Hall–Kier alpha value is -2.95. The molecule has 0 saturated carbocycles. The number of aromatic amines is 1. The van der Waals surface area contributed by atoms with Crippen LogP contribution in [0.1, 0.15) is 17.3 Å². The second-order valence-electron chi connectivity index (χ2n) is 4.69. The van der Waals surface area contributed by atoms with Gasteiger partial charge in [0.05, 0.1) is 12.3 Å². The number of aromatic nitrogens is 2. The van der Waals surface area contributed by atoms with Crippen molar-refractivity contribution in [2.24, 2.45) is 0 Å². The third-order valence-electron chi connectivity index (χ3n) is 3.32. The minimum absolute atomic E-state index is 0.0146. The quantitative estimate of drug-likeness (QED) is 0.754. The summed E-state index contributed by atoms with van der Waals surface area (Å²) >= 11 is 0. The maximum atomic E-state index is 12.4. The zero-order valence-corrected chi connectivity index (χ0v) is 12.0. The van der Waals surface area contributed by atoms with Crippen molar-refractivity contribution in [2.45, 2.75) is 6.92 Å². The largest absolute Gasteiger partial charge is 0.462 e. The van der Waals surface area contributed by atoms with E-state index < -0.39 is 11.5 Å². The Kier molecular flexibility index (Phi) is 3.70. The predicted octanol–water partition coefficient (Wildman–Crippen LogP) is 2.77. The number of pyridine rings is 2. The van der Waals surface area contributed by atoms with Crippen LogP contribution >= 0.6 is 0 Å². The summed E-state index contributed by atoms with van der Waals surface area (Å²) in [7, 11) is 0. The molecule has 5 nitrogen and oxygen atoms in total. The van der Waals surface area contributed by atoms with Gasteiger partial charge < -0.3 is 9.72 Å². The van der Waals surface area contributed by atoms with Crippen molar-refractivity contribution in [3.8, 4) is 11.3 Å². The van der Waals surface area contributed by atoms with E-state index >= 15 is 0 Å². The number of esters is 1. The number of nitrogens with zero attached hydrogens (tertiary/aromatic N) is 1. The van der Waals surface area contributed by atoms with Gasteiger partial charge in [0.15, 0.2) is 0 Å². The highest BCUT2D eigenvalue weighted by Gasteiger charge is 2.22. The first kappa shape index (κ1) is 14.0. The molecular weight excluding hydrogens is 280 g/mol. The molecule has 0 saturated heterocycles. The zero-order valence-electron chi connectivity index (χ0n) is 12.0. The van der Waals surface area contributed by atoms with Crippen LogP contribution in [0.25, 0.3) is 22.2 Å². The van der Waals surface area contributed by atoms with Gasteiger partial charge in [-0.2, -0.15) is 0 Å². The average molecular weight is 294 g/mol. The van der Waals surface area contributed by atoms with E-state index in [2.05, 4.69) is 9.97 Å². The fourth-order valence-electron chi connectivity index (χ4n) is 2.42. The fourth-order valence-corrected chi connectivity index (χ4v) is 2.42. The maximum Gasteiger partial charge on any atom is 0.344 e. The molecule has 1 aromatic carbocycles. The number of para-hydroxylation sites is 1. The van der Waals surface area contributed by atoms with Crippen molar-refractivity contribution in [3.63, 3.8) is 0 Å². The summed E-state index contributed by atoms with van der Waals surface area (Å²) in [5, 5.41) is 0.754. The summed E-state index contributed by atoms with van der Waals surface area (Å²) in [6.45, 7) is 1.90. The van der Waals surface area contributed by atoms with Crippen LogP contribution in [0.15, 0.2) is 53.5 Å². The molecule has 22 heavy (non-hydrogen) atoms. The Balaban J connectivity index is 2.41. The lowest BCUT2D eigenvalue weighted by atomic mass is 10.00. The Morgan fingerprint density at radius 2 is 1.95 bits per heavy atom. The molecule has 0 atom stereocenters. The number of fused-ring (bicyclic) bond motifs is 1. The van der Waals surface area contributed by atoms with Crippen LogP contribution in [0.2, 0.25) is 0 Å². The van der Waals surface area contributed by atoms with Gasteiger partial charge in [0.1, 0.15) is 5.56 Å². The second kappa shape index (κ2) is 5.81. The highest BCUT2D eigenvalue weighted by molar-refractivity contribution is 6.06. The van der Waals surface area contributed by atoms with Gasteiger partial charge in [-0.25, -0.2) is 4.79 Å². The Bertz CT molecular complexity index is 885. The SMILES string of the molecule is CCOC(=O)c1c(-c2ccccn2)c2ccccc2[nH]c1=O. The number of rotatable bonds is 3. The molecule has 3 rings (SSSR count). The van der Waals surface area contributed by atoms with Crippen LogP contribution in [-0.4, -0.2) is 22.5 Å². The van der Waals surface area contributed by atoms with Crippen molar-refractivity contribution < 1.29 is 9.53 Å². The van der Waals surface area contributed by atoms with E-state index in [9.17, 15) is 9.59 Å². The van der Waals surface area contributed by atoms with Crippen LogP contribution in [0.5, 0.6) is 0 Å². The van der Waals surface area contributed by atoms with Crippen LogP contribution in [-0.2, 0) is 4.74 Å². The van der Waals surface area contributed by atoms with Gasteiger partial charge in [0, 0.05) is 22.7 Å². The molecule has 110 valence electrons. The monoisotopic (exact) mass is 294 g/mol. The summed E-state index contributed by atoms with van der Waals surface area (Å²) in [5.41, 5.74) is 1.23. The molecule has 3 aromatic rings. The molecule has 0 aliphatic heterocycles. The lowest BCUT2D eigenvalue weighted by Gasteiger charge is -2.11. The average Bonchev–Trinajstić information content (AvgIpc) is 2.54. The number of hydrogen-bond acceptors (Lipinski definition) is 4. The van der Waals surface area contributed by atoms with Crippen molar-refractivity contribution in [1.29, 1.82) is 0 Å². The standard InChI is InChI=1S/C17H14N2O3/c1-2-22-17(21)15-14(13-9-5-6-10-18-13)11-7-3-4-8-12(11)19-16(15)20/h3-10H,2H2,1H3,(H,19,20). The first-order valence-electron chi connectivity index (χ1n) is 6.96. The number of hydrogen-bond donors (Lipinski definition) is 1. The molecule has 0 amide bonds. The topological polar surface area (TPSA) is 72.0 Å². The molecule has 0 fully saturated rings. The maximum absolute atomic E-state index is 12.4. The van der Waals surface area contributed by atoms with Gasteiger partial charge in [0.25, 0.3) is 5.56 Å². The summed E-state index contributed by atoms with van der Waals surface area (Å²) in [5.74, 6) is -0.643. The number of carbonyl (C=O) groups excluding carboxylic acids is 1. The molecule has 0 bridgehead atoms. The molecule has 0 spiro atoms. The van der Waals surface area contributed by atoms with E-state index in [-0.39, 0.29) is 12.2 Å². The van der Waals surface area contributed by atoms with Gasteiger partial charge in [-0.3, -0.25) is 9.78 Å². The van der Waals surface area contributed by atoms with Crippen molar-refractivity contribution in [1.82, 2.24) is 9.97 Å². The van der Waals surface area contributed by atoms with Gasteiger partial charge >= 0.3 is 5.97 Å². The molecule has 0 unspecified atom stereocenters. The number of carbonyl (C=O) groups is 1. The smallest absolute Gasteiger partial charge is 0.344 e. The van der Waals surface area contributed by atoms with Crippen LogP contribution in [0.3, 0.4) is 0 Å². The van der Waals surface area contributed by atoms with Crippen LogP contribution < -0.4 is 5.56 Å². The fraction of sp³-hybridized carbons (Fsp3) is 0.118. The number of H-pyrrole nitrogens is 1. The predicted molar refractivity (Wildman–Crippen MR) is 83.8 cm³/mol. The lowest BCUT2D eigenvalue weighted by Crippen LogP contribution is -2.21. The Morgan fingerprint density at radius 1 is 1.18 bits per heavy atom. The van der Waals surface area contributed by atoms with Crippen molar-refractivity contribution in [3.05, 3.63) is 64.6 Å². The molecule has 0 radical (unpaired) electrons. The normalized spacial score (nSPS) is 10.6. The molecule has 0 aliphatic rings. The summed E-state index contributed by atoms with van der Waals surface area (Å²) in [4.78, 5) is 31.6. The first-order chi connectivity index (χ1) is 10.7. The van der Waals surface area contributed by atoms with Crippen molar-refractivity contribution in [2.75, 3.05) is 6.61 Å². The Labute approximate surface area is 126 Å². The zero-order chi connectivity index (χ0) is 15.5. The third-order valence-corrected chi connectivity index (χ3v) is 3.32. The number of benzene rings is 1. The van der Waals surface area contributed by atoms with E-state index in [1.807, 2.05) is 24.3 Å². The van der Waals surface area contributed by atoms with Gasteiger partial charge in [0.2, 0.25) is 0 Å². The Morgan fingerprint density at radius 3 is 2.68 bits per heavy atom. The van der Waals surface area contributed by atoms with E-state index in [1.54, 1.807) is 31.3 Å². The highest BCUT2D eigenvalue weighted by Crippen LogP contribution is 2.28. The summed E-state index contributed by atoms with van der Waals surface area (Å²) < 4.78 is 5.03. The van der Waals surface area contributed by atoms with Gasteiger partial charge in [-0.05, 0) is 25.1 Å². The summed E-state index contributed by atoms with van der Waals surface area (Å²) in [6.07, 6.45) is 1.63. The minimum Gasteiger partial charge on any atom is -0.462 e. The van der Waals surface area contributed by atoms with E-state index in [4.69, 9.17) is 4.74 Å². The second-order valence-corrected chi connectivity index (χ2v) is 4.69. The van der Waals surface area contributed by atoms with Crippen LogP contribution in [0, 0.1) is 0 Å². The molecule has 2 aromatic heterocycles. The highest BCUT2D eigenvalue weighted by atomic mass is 16.5. The minimum atomic E-state index is -0.643. The molecule has 5 heteroatoms. The number of nitrogens with one attached hydrogen (secondary N) is 1. The van der Waals surface area contributed by atoms with E-state index in [1.165, 1.54) is 0 Å². The molecule has 1 N–H and O–H groups in total. The van der Waals surface area contributed by atoms with E-state index in [0.29, 0.717) is 16.8 Å². The van der Waals surface area contributed by atoms with Crippen LogP contribution in [0.4, 0.5) is 0 Å². The summed E-state index contributed by atoms with van der Waals surface area (Å²) in [6, 6.07) is 12.7. The van der Waals surface area contributed by atoms with Crippen molar-refractivity contribution >= 4 is 16.9 Å². The number of ether oxygens (including phenoxy) is 1. The molecule has 2 heterocycles. The third kappa shape index (κ3) is 2.37. The van der Waals surface area contributed by atoms with E-state index in [0.717, 1.165) is 5.39 Å². The molecular formula is C17H14N2O3. The lowest BCUT2D eigenvalue weighted by molar-refractivity contribution is 0.0525. The van der Waals surface area contributed by atoms with Gasteiger partial charge in [-0.1, -0.05) is 24.3 Å².